The van der Waals surface area contributed by atoms with E-state index in [0.29, 0.717) is 17.9 Å². The minimum Gasteiger partial charge on any atom is -0.448 e. The summed E-state index contributed by atoms with van der Waals surface area (Å²) >= 11 is 0. The van der Waals surface area contributed by atoms with Gasteiger partial charge in [-0.15, -0.1) is 0 Å². The molecule has 0 spiro atoms. The zero-order valence-electron chi connectivity index (χ0n) is 17.1. The Morgan fingerprint density at radius 1 is 1.21 bits per heavy atom. The van der Waals surface area contributed by atoms with Crippen LogP contribution in [0.4, 0.5) is 14.9 Å². The number of hydrogen-bond donors (Lipinski definition) is 1. The number of hydrogen-bond acceptors (Lipinski definition) is 3. The van der Waals surface area contributed by atoms with Crippen molar-refractivity contribution < 1.29 is 13.9 Å². The van der Waals surface area contributed by atoms with Gasteiger partial charge in [-0.3, -0.25) is 5.32 Å². The third kappa shape index (κ3) is 4.90. The molecule has 1 fully saturated rings. The Hall–Kier alpha value is -2.40. The minimum absolute atomic E-state index is 0.0404. The molecule has 0 saturated carbocycles. The van der Waals surface area contributed by atoms with E-state index in [4.69, 9.17) is 4.74 Å². The maximum Gasteiger partial charge on any atom is 0.411 e. The fourth-order valence-corrected chi connectivity index (χ4v) is 3.52. The van der Waals surface area contributed by atoms with Crippen molar-refractivity contribution in [3.63, 3.8) is 0 Å². The summed E-state index contributed by atoms with van der Waals surface area (Å²) in [6.07, 6.45) is 1.64. The monoisotopic (exact) mass is 384 g/mol. The van der Waals surface area contributed by atoms with Crippen LogP contribution in [0.5, 0.6) is 0 Å². The summed E-state index contributed by atoms with van der Waals surface area (Å²) in [4.78, 5) is 14.5. The van der Waals surface area contributed by atoms with Gasteiger partial charge in [0.1, 0.15) is 12.4 Å². The summed E-state index contributed by atoms with van der Waals surface area (Å²) in [7, 11) is 2.04. The van der Waals surface area contributed by atoms with Gasteiger partial charge >= 0.3 is 6.09 Å². The molecule has 3 rings (SSSR count). The lowest BCUT2D eigenvalue weighted by molar-refractivity contribution is 0.127. The van der Waals surface area contributed by atoms with Crippen LogP contribution in [0.3, 0.4) is 0 Å². The van der Waals surface area contributed by atoms with E-state index in [1.807, 2.05) is 31.3 Å². The first-order valence-electron chi connectivity index (χ1n) is 9.78. The zero-order chi connectivity index (χ0) is 20.3. The Labute approximate surface area is 166 Å². The van der Waals surface area contributed by atoms with Gasteiger partial charge in [-0.1, -0.05) is 45.0 Å². The molecule has 0 radical (unpaired) electrons. The van der Waals surface area contributed by atoms with Crippen LogP contribution in [0.25, 0.3) is 11.1 Å². The highest BCUT2D eigenvalue weighted by molar-refractivity contribution is 5.91. The van der Waals surface area contributed by atoms with Gasteiger partial charge in [-0.2, -0.15) is 0 Å². The summed E-state index contributed by atoms with van der Waals surface area (Å²) in [6, 6.07) is 12.6. The number of likely N-dealkylation sites (N-methyl/N-ethyl adjacent to an activating group) is 1. The van der Waals surface area contributed by atoms with Crippen LogP contribution in [0.1, 0.15) is 39.2 Å². The second-order valence-electron chi connectivity index (χ2n) is 8.52. The lowest BCUT2D eigenvalue weighted by Crippen LogP contribution is -2.31. The van der Waals surface area contributed by atoms with Crippen molar-refractivity contribution in [1.82, 2.24) is 4.90 Å². The van der Waals surface area contributed by atoms with E-state index in [9.17, 15) is 9.18 Å². The predicted molar refractivity (Wildman–Crippen MR) is 111 cm³/mol. The van der Waals surface area contributed by atoms with E-state index in [-0.39, 0.29) is 17.3 Å². The molecule has 1 aliphatic heterocycles. The van der Waals surface area contributed by atoms with E-state index < -0.39 is 6.09 Å². The van der Waals surface area contributed by atoms with Crippen molar-refractivity contribution in [3.05, 3.63) is 53.8 Å². The number of carbonyl (C=O) groups excluding carboxylic acids is 1. The molecule has 4 nitrogen and oxygen atoms in total. The lowest BCUT2D eigenvalue weighted by atomic mass is 9.86. The highest BCUT2D eigenvalue weighted by atomic mass is 19.1. The maximum atomic E-state index is 13.9. The summed E-state index contributed by atoms with van der Waals surface area (Å²) < 4.78 is 19.3. The number of halogens is 1. The maximum absolute atomic E-state index is 13.9. The lowest BCUT2D eigenvalue weighted by Gasteiger charge is -2.20. The number of likely N-dealkylation sites (tertiary alicyclic amines) is 1. The molecule has 2 aromatic carbocycles. The summed E-state index contributed by atoms with van der Waals surface area (Å²) in [5, 5.41) is 2.77. The van der Waals surface area contributed by atoms with Gasteiger partial charge in [-0.25, -0.2) is 9.18 Å². The van der Waals surface area contributed by atoms with Crippen LogP contribution < -0.4 is 5.32 Å². The first-order valence-corrected chi connectivity index (χ1v) is 9.78. The molecule has 150 valence electrons. The van der Waals surface area contributed by atoms with E-state index in [2.05, 4.69) is 31.0 Å². The van der Waals surface area contributed by atoms with Gasteiger partial charge < -0.3 is 9.64 Å². The van der Waals surface area contributed by atoms with Gasteiger partial charge in [0.05, 0.1) is 5.69 Å². The van der Waals surface area contributed by atoms with Gasteiger partial charge in [-0.05, 0) is 61.2 Å². The highest BCUT2D eigenvalue weighted by Crippen LogP contribution is 2.31. The normalized spacial score (nSPS) is 17.5. The van der Waals surface area contributed by atoms with Crippen molar-refractivity contribution in [2.45, 2.75) is 45.1 Å². The Balaban J connectivity index is 1.74. The molecule has 0 aromatic heterocycles. The molecule has 0 aliphatic carbocycles. The number of benzene rings is 2. The van der Waals surface area contributed by atoms with Gasteiger partial charge in [0.25, 0.3) is 0 Å². The Morgan fingerprint density at radius 3 is 2.54 bits per heavy atom. The second kappa shape index (κ2) is 8.31. The number of anilines is 1. The van der Waals surface area contributed by atoms with Gasteiger partial charge in [0.15, 0.2) is 0 Å². The molecule has 1 amide bonds. The van der Waals surface area contributed by atoms with Crippen LogP contribution in [0, 0.1) is 5.82 Å². The molecule has 1 atom stereocenters. The summed E-state index contributed by atoms with van der Waals surface area (Å²) in [5.41, 5.74) is 3.25. The average Bonchev–Trinajstić information content (AvgIpc) is 3.06. The quantitative estimate of drug-likeness (QED) is 0.764. The molecule has 1 aliphatic rings. The number of ether oxygens (including phenoxy) is 1. The third-order valence-electron chi connectivity index (χ3n) is 5.36. The number of rotatable bonds is 4. The van der Waals surface area contributed by atoms with Crippen molar-refractivity contribution in [3.8, 4) is 11.1 Å². The molecule has 1 heterocycles. The van der Waals surface area contributed by atoms with Gasteiger partial charge in [0, 0.05) is 11.6 Å². The van der Waals surface area contributed by atoms with E-state index in [1.54, 1.807) is 6.07 Å². The molecular formula is C23H29FN2O2. The molecule has 2 aromatic rings. The van der Waals surface area contributed by atoms with Crippen molar-refractivity contribution in [2.75, 3.05) is 25.5 Å². The smallest absolute Gasteiger partial charge is 0.411 e. The molecule has 1 saturated heterocycles. The van der Waals surface area contributed by atoms with Crippen LogP contribution in [-0.2, 0) is 10.2 Å². The summed E-state index contributed by atoms with van der Waals surface area (Å²) in [6.45, 7) is 7.83. The molecule has 1 N–H and O–H groups in total. The number of nitrogens with one attached hydrogen (secondary N) is 1. The Kier molecular flexibility index (Phi) is 6.04. The minimum atomic E-state index is -0.514. The molecule has 0 bridgehead atoms. The molecule has 0 unspecified atom stereocenters. The molecule has 28 heavy (non-hydrogen) atoms. The molecule has 5 heteroatoms. The van der Waals surface area contributed by atoms with Crippen LogP contribution in [0.15, 0.2) is 42.5 Å². The third-order valence-corrected chi connectivity index (χ3v) is 5.36. The fourth-order valence-electron chi connectivity index (χ4n) is 3.52. The fraction of sp³-hybridized carbons (Fsp3) is 0.435. The Morgan fingerprint density at radius 2 is 1.93 bits per heavy atom. The van der Waals surface area contributed by atoms with Gasteiger partial charge in [0.2, 0.25) is 0 Å². The van der Waals surface area contributed by atoms with E-state index in [1.165, 1.54) is 17.7 Å². The standard InChI is InChI=1S/C23H29FN2O2/c1-23(2,3)17-9-7-16(8-10-17)20-14-18(24)11-12-21(20)25-22(27)28-15-19-6-5-13-26(19)4/h7-12,14,19H,5-6,13,15H2,1-4H3,(H,25,27)/t19-/m0/s1. The van der Waals surface area contributed by atoms with Crippen LogP contribution >= 0.6 is 0 Å². The van der Waals surface area contributed by atoms with Crippen molar-refractivity contribution in [2.24, 2.45) is 0 Å². The van der Waals surface area contributed by atoms with Crippen LogP contribution in [0.2, 0.25) is 0 Å². The SMILES string of the molecule is CN1CCC[C@H]1COC(=O)Nc1ccc(F)cc1-c1ccc(C(C)(C)C)cc1. The van der Waals surface area contributed by atoms with E-state index in [0.717, 1.165) is 24.9 Å². The first kappa shape index (κ1) is 20.3. The summed E-state index contributed by atoms with van der Waals surface area (Å²) in [5.74, 6) is -0.346. The largest absolute Gasteiger partial charge is 0.448 e. The van der Waals surface area contributed by atoms with Crippen molar-refractivity contribution in [1.29, 1.82) is 0 Å². The van der Waals surface area contributed by atoms with Crippen molar-refractivity contribution >= 4 is 11.8 Å². The molecular weight excluding hydrogens is 355 g/mol. The number of amides is 1. The predicted octanol–water partition coefficient (Wildman–Crippen LogP) is 5.43. The van der Waals surface area contributed by atoms with Crippen LogP contribution in [-0.4, -0.2) is 37.2 Å². The highest BCUT2D eigenvalue weighted by Gasteiger charge is 2.22. The first-order chi connectivity index (χ1) is 13.2. The second-order valence-corrected chi connectivity index (χ2v) is 8.52. The van der Waals surface area contributed by atoms with E-state index >= 15 is 0 Å². The number of nitrogens with zero attached hydrogens (tertiary/aromatic N) is 1. The zero-order valence-corrected chi connectivity index (χ0v) is 17.1. The average molecular weight is 384 g/mol. The number of carbonyl (C=O) groups is 1. The topological polar surface area (TPSA) is 41.6 Å². The Bertz CT molecular complexity index is 827.